The van der Waals surface area contributed by atoms with Gasteiger partial charge in [0.05, 0.1) is 28.8 Å². The van der Waals surface area contributed by atoms with Crippen LogP contribution in [-0.4, -0.2) is 41.3 Å². The number of anilines is 1. The first kappa shape index (κ1) is 13.9. The van der Waals surface area contributed by atoms with Crippen molar-refractivity contribution in [3.8, 4) is 0 Å². The number of aryl methyl sites for hydroxylation is 1. The van der Waals surface area contributed by atoms with Crippen molar-refractivity contribution >= 4 is 32.7 Å². The fourth-order valence-electron chi connectivity index (χ4n) is 2.62. The number of benzene rings is 1. The molecule has 21 heavy (non-hydrogen) atoms. The summed E-state index contributed by atoms with van der Waals surface area (Å²) in [6.45, 7) is 2.91. The minimum absolute atomic E-state index is 0.0646. The lowest BCUT2D eigenvalue weighted by molar-refractivity contribution is 0.0697. The molecular formula is C13H15N3O4S. The van der Waals surface area contributed by atoms with E-state index in [2.05, 4.69) is 4.98 Å². The van der Waals surface area contributed by atoms with Crippen molar-refractivity contribution in [3.05, 3.63) is 24.0 Å². The molecule has 1 aliphatic heterocycles. The summed E-state index contributed by atoms with van der Waals surface area (Å²) in [6, 6.07) is 2.92. The second kappa shape index (κ2) is 4.73. The van der Waals surface area contributed by atoms with Gasteiger partial charge >= 0.3 is 5.97 Å². The number of fused-ring (bicyclic) bond motifs is 1. The van der Waals surface area contributed by atoms with Crippen LogP contribution in [0.25, 0.3) is 11.0 Å². The van der Waals surface area contributed by atoms with Gasteiger partial charge in [-0.2, -0.15) is 0 Å². The second-order valence-electron chi connectivity index (χ2n) is 4.94. The lowest BCUT2D eigenvalue weighted by Crippen LogP contribution is -2.25. The number of sulfonamides is 1. The van der Waals surface area contributed by atoms with E-state index in [-0.39, 0.29) is 11.3 Å². The van der Waals surface area contributed by atoms with Crippen molar-refractivity contribution in [2.24, 2.45) is 0 Å². The van der Waals surface area contributed by atoms with E-state index in [4.69, 9.17) is 0 Å². The first-order valence-corrected chi connectivity index (χ1v) is 8.27. The first-order valence-electron chi connectivity index (χ1n) is 6.66. The molecule has 1 aliphatic rings. The van der Waals surface area contributed by atoms with E-state index in [0.717, 1.165) is 0 Å². The smallest absolute Gasteiger partial charge is 0.335 e. The number of carbonyl (C=O) groups is 1. The lowest BCUT2D eigenvalue weighted by Gasteiger charge is -2.18. The van der Waals surface area contributed by atoms with Gasteiger partial charge in [-0.05, 0) is 25.5 Å². The van der Waals surface area contributed by atoms with Gasteiger partial charge in [0.15, 0.2) is 0 Å². The highest BCUT2D eigenvalue weighted by Gasteiger charge is 2.31. The predicted molar refractivity (Wildman–Crippen MR) is 78.1 cm³/mol. The fourth-order valence-corrected chi connectivity index (χ4v) is 4.18. The quantitative estimate of drug-likeness (QED) is 0.922. The van der Waals surface area contributed by atoms with Crippen LogP contribution in [0.15, 0.2) is 18.5 Å². The number of hydrogen-bond acceptors (Lipinski definition) is 4. The van der Waals surface area contributed by atoms with Gasteiger partial charge in [0, 0.05) is 13.1 Å². The Morgan fingerprint density at radius 2 is 2.19 bits per heavy atom. The number of carboxylic acid groups (broad SMARTS) is 1. The van der Waals surface area contributed by atoms with Crippen LogP contribution >= 0.6 is 0 Å². The zero-order chi connectivity index (χ0) is 15.2. The molecule has 1 N–H and O–H groups in total. The number of hydrogen-bond donors (Lipinski definition) is 1. The first-order chi connectivity index (χ1) is 9.94. The Morgan fingerprint density at radius 3 is 2.76 bits per heavy atom. The van der Waals surface area contributed by atoms with Crippen LogP contribution < -0.4 is 4.31 Å². The van der Waals surface area contributed by atoms with Gasteiger partial charge in [0.25, 0.3) is 0 Å². The van der Waals surface area contributed by atoms with E-state index in [1.165, 1.54) is 16.4 Å². The zero-order valence-electron chi connectivity index (χ0n) is 11.5. The summed E-state index contributed by atoms with van der Waals surface area (Å²) in [7, 11) is -3.38. The van der Waals surface area contributed by atoms with E-state index in [1.54, 1.807) is 10.9 Å². The fraction of sp³-hybridized carbons (Fsp3) is 0.385. The molecule has 8 heteroatoms. The molecule has 0 aliphatic carbocycles. The van der Waals surface area contributed by atoms with Crippen LogP contribution in [0.4, 0.5) is 5.69 Å². The molecule has 0 radical (unpaired) electrons. The summed E-state index contributed by atoms with van der Waals surface area (Å²) in [5, 5.41) is 9.25. The van der Waals surface area contributed by atoms with Gasteiger partial charge in [-0.25, -0.2) is 18.2 Å². The van der Waals surface area contributed by atoms with Crippen LogP contribution in [0.5, 0.6) is 0 Å². The molecule has 0 unspecified atom stereocenters. The predicted octanol–water partition coefficient (Wildman–Crippen LogP) is 1.29. The molecule has 3 rings (SSSR count). The van der Waals surface area contributed by atoms with Crippen LogP contribution in [0, 0.1) is 0 Å². The molecule has 0 bridgehead atoms. The Hall–Kier alpha value is -2.09. The Bertz CT molecular complexity index is 825. The molecule has 0 spiro atoms. The molecule has 0 saturated carbocycles. The summed E-state index contributed by atoms with van der Waals surface area (Å²) in [6.07, 6.45) is 2.14. The van der Waals surface area contributed by atoms with E-state index >= 15 is 0 Å². The number of carboxylic acids is 1. The van der Waals surface area contributed by atoms with Crippen molar-refractivity contribution in [2.75, 3.05) is 16.6 Å². The Labute approximate surface area is 121 Å². The van der Waals surface area contributed by atoms with Crippen molar-refractivity contribution in [1.82, 2.24) is 9.55 Å². The lowest BCUT2D eigenvalue weighted by atomic mass is 10.1. The monoisotopic (exact) mass is 309 g/mol. The maximum atomic E-state index is 12.1. The molecule has 112 valence electrons. The minimum Gasteiger partial charge on any atom is -0.478 e. The van der Waals surface area contributed by atoms with Crippen LogP contribution in [0.1, 0.15) is 23.7 Å². The normalized spacial score (nSPS) is 17.5. The number of rotatable bonds is 3. The summed E-state index contributed by atoms with van der Waals surface area (Å²) >= 11 is 0. The summed E-state index contributed by atoms with van der Waals surface area (Å²) in [4.78, 5) is 15.6. The zero-order valence-corrected chi connectivity index (χ0v) is 12.3. The third kappa shape index (κ3) is 2.15. The van der Waals surface area contributed by atoms with Gasteiger partial charge in [-0.3, -0.25) is 4.31 Å². The number of aromatic nitrogens is 2. The SMILES string of the molecule is CCn1cnc2c(N3CCCS3(=O)=O)cc(C(=O)O)cc21. The molecule has 2 aromatic rings. The summed E-state index contributed by atoms with van der Waals surface area (Å²) in [5.74, 6) is -1.00. The maximum Gasteiger partial charge on any atom is 0.335 e. The van der Waals surface area contributed by atoms with Crippen LogP contribution in [0.2, 0.25) is 0 Å². The topological polar surface area (TPSA) is 92.5 Å². The van der Waals surface area contributed by atoms with Gasteiger partial charge in [0.2, 0.25) is 10.0 Å². The molecule has 0 atom stereocenters. The Morgan fingerprint density at radius 1 is 1.43 bits per heavy atom. The highest BCUT2D eigenvalue weighted by atomic mass is 32.2. The second-order valence-corrected chi connectivity index (χ2v) is 6.95. The Balaban J connectivity index is 2.30. The van der Waals surface area contributed by atoms with E-state index < -0.39 is 16.0 Å². The minimum atomic E-state index is -3.38. The van der Waals surface area contributed by atoms with Crippen LogP contribution in [-0.2, 0) is 16.6 Å². The Kier molecular flexibility index (Phi) is 3.12. The number of nitrogens with zero attached hydrogens (tertiary/aromatic N) is 3. The van der Waals surface area contributed by atoms with Crippen molar-refractivity contribution in [1.29, 1.82) is 0 Å². The van der Waals surface area contributed by atoms with Crippen LogP contribution in [0.3, 0.4) is 0 Å². The van der Waals surface area contributed by atoms with Crippen molar-refractivity contribution < 1.29 is 18.3 Å². The van der Waals surface area contributed by atoms with Gasteiger partial charge in [-0.1, -0.05) is 0 Å². The van der Waals surface area contributed by atoms with Gasteiger partial charge in [0.1, 0.15) is 5.52 Å². The molecule has 1 aromatic carbocycles. The third-order valence-corrected chi connectivity index (χ3v) is 5.52. The maximum absolute atomic E-state index is 12.1. The third-order valence-electron chi connectivity index (χ3n) is 3.66. The average molecular weight is 309 g/mol. The molecule has 1 saturated heterocycles. The highest BCUT2D eigenvalue weighted by molar-refractivity contribution is 7.93. The largest absolute Gasteiger partial charge is 0.478 e. The standard InChI is InChI=1S/C13H15N3O4S/c1-2-15-8-14-12-10(15)6-9(13(17)18)7-11(12)16-4-3-5-21(16,19)20/h6-8H,2-5H2,1H3,(H,17,18). The van der Waals surface area contributed by atoms with E-state index in [0.29, 0.717) is 36.2 Å². The van der Waals surface area contributed by atoms with Crippen molar-refractivity contribution in [3.63, 3.8) is 0 Å². The molecule has 1 fully saturated rings. The molecule has 7 nitrogen and oxygen atoms in total. The molecule has 1 aromatic heterocycles. The van der Waals surface area contributed by atoms with Gasteiger partial charge in [-0.15, -0.1) is 0 Å². The summed E-state index contributed by atoms with van der Waals surface area (Å²) < 4.78 is 27.3. The van der Waals surface area contributed by atoms with E-state index in [9.17, 15) is 18.3 Å². The molecule has 0 amide bonds. The summed E-state index contributed by atoms with van der Waals surface area (Å²) in [5.41, 5.74) is 1.58. The number of aromatic carboxylic acids is 1. The highest BCUT2D eigenvalue weighted by Crippen LogP contribution is 2.32. The molecule has 2 heterocycles. The van der Waals surface area contributed by atoms with E-state index in [1.807, 2.05) is 6.92 Å². The molecular weight excluding hydrogens is 294 g/mol. The average Bonchev–Trinajstić information content (AvgIpc) is 3.00. The number of imidazole rings is 1. The van der Waals surface area contributed by atoms with Gasteiger partial charge < -0.3 is 9.67 Å². The van der Waals surface area contributed by atoms with Crippen molar-refractivity contribution in [2.45, 2.75) is 19.9 Å².